The number of rotatable bonds is 0. The van der Waals surface area contributed by atoms with E-state index < -0.39 is 0 Å². The van der Waals surface area contributed by atoms with Crippen molar-refractivity contribution >= 4 is 11.9 Å². The zero-order valence-electron chi connectivity index (χ0n) is 8.93. The first kappa shape index (κ1) is 9.34. The Bertz CT molecular complexity index is 505. The molecule has 0 N–H and O–H groups in total. The molecule has 1 nitrogen and oxygen atoms in total. The number of fused-ring (bicyclic) bond motifs is 2. The molecular weight excluding hydrogens is 194 g/mol. The fraction of sp³-hybridized carbons (Fsp3) is 0.0667. The molecule has 2 aromatic carbocycles. The maximum atomic E-state index is 4.51. The predicted octanol–water partition coefficient (Wildman–Crippen LogP) is 3.72. The molecular formula is C15H12N. The van der Waals surface area contributed by atoms with E-state index in [0.29, 0.717) is 0 Å². The fourth-order valence-corrected chi connectivity index (χ4v) is 2.15. The molecule has 0 fully saturated rings. The molecule has 0 spiro atoms. The summed E-state index contributed by atoms with van der Waals surface area (Å²) in [6, 6.07) is 16.5. The van der Waals surface area contributed by atoms with Gasteiger partial charge in [-0.15, -0.1) is 0 Å². The fourth-order valence-electron chi connectivity index (χ4n) is 2.15. The predicted molar refractivity (Wildman–Crippen MR) is 67.3 cm³/mol. The lowest BCUT2D eigenvalue weighted by Gasteiger charge is -2.13. The highest BCUT2D eigenvalue weighted by Crippen LogP contribution is 2.34. The van der Waals surface area contributed by atoms with Crippen LogP contribution in [0.5, 0.6) is 0 Å². The largest absolute Gasteiger partial charge is 0.256 e. The molecule has 3 rings (SSSR count). The quantitative estimate of drug-likeness (QED) is 0.623. The summed E-state index contributed by atoms with van der Waals surface area (Å²) in [4.78, 5) is 4.51. The van der Waals surface area contributed by atoms with Crippen LogP contribution in [0.4, 0.5) is 5.69 Å². The zero-order valence-corrected chi connectivity index (χ0v) is 8.93. The maximum Gasteiger partial charge on any atom is 0.0668 e. The second-order valence-electron chi connectivity index (χ2n) is 4.00. The van der Waals surface area contributed by atoms with Crippen LogP contribution in [-0.2, 0) is 0 Å². The first-order chi connectivity index (χ1) is 7.86. The summed E-state index contributed by atoms with van der Waals surface area (Å²) in [6.45, 7) is 4.26. The van der Waals surface area contributed by atoms with Crippen molar-refractivity contribution in [2.45, 2.75) is 5.92 Å². The van der Waals surface area contributed by atoms with Crippen molar-refractivity contribution in [2.24, 2.45) is 4.99 Å². The molecule has 0 saturated carbocycles. The van der Waals surface area contributed by atoms with Gasteiger partial charge in [0.05, 0.1) is 5.69 Å². The normalized spacial score (nSPS) is 17.4. The van der Waals surface area contributed by atoms with Crippen LogP contribution >= 0.6 is 0 Å². The molecule has 2 aromatic rings. The number of benzene rings is 2. The van der Waals surface area contributed by atoms with Gasteiger partial charge in [-0.05, 0) is 29.7 Å². The lowest BCUT2D eigenvalue weighted by molar-refractivity contribution is 1.03. The first-order valence-corrected chi connectivity index (χ1v) is 5.41. The molecule has 1 heteroatoms. The minimum atomic E-state index is 0.162. The van der Waals surface area contributed by atoms with Gasteiger partial charge >= 0.3 is 0 Å². The highest BCUT2D eigenvalue weighted by atomic mass is 14.7. The summed E-state index contributed by atoms with van der Waals surface area (Å²) in [7, 11) is 0. The highest BCUT2D eigenvalue weighted by Gasteiger charge is 2.16. The van der Waals surface area contributed by atoms with E-state index in [2.05, 4.69) is 36.2 Å². The van der Waals surface area contributed by atoms with Gasteiger partial charge in [0, 0.05) is 12.1 Å². The Hall–Kier alpha value is -1.89. The van der Waals surface area contributed by atoms with Crippen molar-refractivity contribution in [1.29, 1.82) is 0 Å². The Morgan fingerprint density at radius 3 is 2.44 bits per heavy atom. The van der Waals surface area contributed by atoms with Crippen molar-refractivity contribution in [3.8, 4) is 0 Å². The summed E-state index contributed by atoms with van der Waals surface area (Å²) in [5.41, 5.74) is 4.64. The monoisotopic (exact) mass is 206 g/mol. The summed E-state index contributed by atoms with van der Waals surface area (Å²) in [6.07, 6.45) is 1.93. The van der Waals surface area contributed by atoms with Crippen molar-refractivity contribution in [2.75, 3.05) is 0 Å². The van der Waals surface area contributed by atoms with Crippen LogP contribution in [0.15, 0.2) is 53.5 Å². The lowest BCUT2D eigenvalue weighted by Crippen LogP contribution is -1.98. The topological polar surface area (TPSA) is 12.4 Å². The van der Waals surface area contributed by atoms with Gasteiger partial charge in [-0.25, -0.2) is 0 Å². The van der Waals surface area contributed by atoms with E-state index in [4.69, 9.17) is 0 Å². The summed E-state index contributed by atoms with van der Waals surface area (Å²) in [5.74, 6) is 0.162. The number of aliphatic imine (C=N–C) groups is 1. The summed E-state index contributed by atoms with van der Waals surface area (Å²) in [5, 5.41) is 0. The second kappa shape index (κ2) is 3.60. The number of hydrogen-bond donors (Lipinski definition) is 0. The molecule has 1 atom stereocenters. The third-order valence-corrected chi connectivity index (χ3v) is 3.03. The maximum absolute atomic E-state index is 4.51. The van der Waals surface area contributed by atoms with Gasteiger partial charge in [0.1, 0.15) is 0 Å². The van der Waals surface area contributed by atoms with Gasteiger partial charge in [0.2, 0.25) is 0 Å². The Morgan fingerprint density at radius 1 is 0.875 bits per heavy atom. The molecule has 16 heavy (non-hydrogen) atoms. The van der Waals surface area contributed by atoms with E-state index in [1.165, 1.54) is 16.7 Å². The van der Waals surface area contributed by atoms with E-state index >= 15 is 0 Å². The molecule has 1 aliphatic rings. The Balaban J connectivity index is 2.26. The standard InChI is InChI=1S/C15H12N/c1-11-13-7-3-2-6-12(13)10-16-15-9-5-4-8-14(11)15/h2-11H,1H2. The molecule has 1 heterocycles. The summed E-state index contributed by atoms with van der Waals surface area (Å²) < 4.78 is 0. The van der Waals surface area contributed by atoms with E-state index in [1.807, 2.05) is 30.5 Å². The smallest absolute Gasteiger partial charge is 0.0668 e. The first-order valence-electron chi connectivity index (χ1n) is 5.41. The molecule has 77 valence electrons. The molecule has 0 bridgehead atoms. The van der Waals surface area contributed by atoms with Gasteiger partial charge in [0.15, 0.2) is 0 Å². The van der Waals surface area contributed by atoms with E-state index in [0.717, 1.165) is 5.69 Å². The van der Waals surface area contributed by atoms with E-state index in [9.17, 15) is 0 Å². The molecule has 0 amide bonds. The van der Waals surface area contributed by atoms with Crippen LogP contribution in [0.3, 0.4) is 0 Å². The molecule has 0 aromatic heterocycles. The van der Waals surface area contributed by atoms with Crippen LogP contribution in [0, 0.1) is 6.92 Å². The SMILES string of the molecule is [CH2]C1c2ccccc2C=Nc2ccccc21. The van der Waals surface area contributed by atoms with E-state index in [1.54, 1.807) is 0 Å². The Morgan fingerprint density at radius 2 is 1.56 bits per heavy atom. The van der Waals surface area contributed by atoms with Gasteiger partial charge in [-0.3, -0.25) is 4.99 Å². The highest BCUT2D eigenvalue weighted by molar-refractivity contribution is 5.86. The average molecular weight is 206 g/mol. The number of para-hydroxylation sites is 1. The van der Waals surface area contributed by atoms with Crippen LogP contribution in [0.25, 0.3) is 0 Å². The third-order valence-electron chi connectivity index (χ3n) is 3.03. The van der Waals surface area contributed by atoms with Crippen molar-refractivity contribution in [3.63, 3.8) is 0 Å². The molecule has 0 saturated heterocycles. The molecule has 1 unspecified atom stereocenters. The lowest BCUT2D eigenvalue weighted by atomic mass is 9.90. The van der Waals surface area contributed by atoms with Crippen LogP contribution in [0.2, 0.25) is 0 Å². The number of hydrogen-bond acceptors (Lipinski definition) is 1. The van der Waals surface area contributed by atoms with Crippen molar-refractivity contribution in [3.05, 3.63) is 72.1 Å². The van der Waals surface area contributed by atoms with Crippen LogP contribution < -0.4 is 0 Å². The summed E-state index contributed by atoms with van der Waals surface area (Å²) >= 11 is 0. The molecule has 0 aliphatic carbocycles. The van der Waals surface area contributed by atoms with Crippen molar-refractivity contribution in [1.82, 2.24) is 0 Å². The Kier molecular flexibility index (Phi) is 2.10. The Labute approximate surface area is 95.5 Å². The molecule has 1 aliphatic heterocycles. The van der Waals surface area contributed by atoms with E-state index in [-0.39, 0.29) is 5.92 Å². The molecule has 1 radical (unpaired) electrons. The average Bonchev–Trinajstić information content (AvgIpc) is 2.49. The number of nitrogens with zero attached hydrogens (tertiary/aromatic N) is 1. The van der Waals surface area contributed by atoms with Gasteiger partial charge in [0.25, 0.3) is 0 Å². The third kappa shape index (κ3) is 1.36. The van der Waals surface area contributed by atoms with Crippen LogP contribution in [0.1, 0.15) is 22.6 Å². The van der Waals surface area contributed by atoms with Gasteiger partial charge in [-0.1, -0.05) is 42.5 Å². The minimum absolute atomic E-state index is 0.162. The van der Waals surface area contributed by atoms with Crippen molar-refractivity contribution < 1.29 is 0 Å². The second-order valence-corrected chi connectivity index (χ2v) is 4.00. The minimum Gasteiger partial charge on any atom is -0.256 e. The van der Waals surface area contributed by atoms with Gasteiger partial charge in [-0.2, -0.15) is 0 Å². The van der Waals surface area contributed by atoms with Gasteiger partial charge < -0.3 is 0 Å². The zero-order chi connectivity index (χ0) is 11.0. The van der Waals surface area contributed by atoms with Crippen LogP contribution in [-0.4, -0.2) is 6.21 Å².